The molecule has 3 N–H and O–H groups in total. The fraction of sp³-hybridized carbons (Fsp3) is 0.235. The summed E-state index contributed by atoms with van der Waals surface area (Å²) in [6, 6.07) is 12.6. The SMILES string of the molecule is N=C1c2c(O)ccc(Oc3ccccc3)c2C2(CCC2)N1O. The number of aromatic hydroxyl groups is 1. The first-order chi connectivity index (χ1) is 10.6. The van der Waals surface area contributed by atoms with Crippen molar-refractivity contribution < 1.29 is 15.1 Å². The first-order valence-electron chi connectivity index (χ1n) is 7.31. The second-order valence-electron chi connectivity index (χ2n) is 5.79. The van der Waals surface area contributed by atoms with Crippen LogP contribution in [-0.2, 0) is 5.54 Å². The van der Waals surface area contributed by atoms with Crippen LogP contribution in [-0.4, -0.2) is 21.2 Å². The summed E-state index contributed by atoms with van der Waals surface area (Å²) in [5.74, 6) is 1.21. The number of benzene rings is 2. The van der Waals surface area contributed by atoms with E-state index in [2.05, 4.69) is 0 Å². The van der Waals surface area contributed by atoms with E-state index < -0.39 is 5.54 Å². The van der Waals surface area contributed by atoms with E-state index in [-0.39, 0.29) is 11.6 Å². The molecule has 1 aliphatic carbocycles. The molecule has 4 rings (SSSR count). The van der Waals surface area contributed by atoms with Crippen molar-refractivity contribution in [3.8, 4) is 17.2 Å². The number of hydroxylamine groups is 2. The van der Waals surface area contributed by atoms with Crippen molar-refractivity contribution in [2.45, 2.75) is 24.8 Å². The molecule has 1 fully saturated rings. The van der Waals surface area contributed by atoms with Crippen LogP contribution in [0.3, 0.4) is 0 Å². The van der Waals surface area contributed by atoms with Gasteiger partial charge >= 0.3 is 0 Å². The van der Waals surface area contributed by atoms with Crippen LogP contribution in [0.5, 0.6) is 17.2 Å². The van der Waals surface area contributed by atoms with Crippen LogP contribution in [0.4, 0.5) is 0 Å². The monoisotopic (exact) mass is 296 g/mol. The summed E-state index contributed by atoms with van der Waals surface area (Å²) in [5.41, 5.74) is 0.459. The van der Waals surface area contributed by atoms with Crippen LogP contribution in [0.1, 0.15) is 30.4 Å². The summed E-state index contributed by atoms with van der Waals surface area (Å²) in [4.78, 5) is 0. The summed E-state index contributed by atoms with van der Waals surface area (Å²) in [6.45, 7) is 0. The van der Waals surface area contributed by atoms with Crippen LogP contribution in [0, 0.1) is 5.41 Å². The van der Waals surface area contributed by atoms with E-state index in [4.69, 9.17) is 10.1 Å². The summed E-state index contributed by atoms with van der Waals surface area (Å²) in [7, 11) is 0. The Balaban J connectivity index is 1.87. The predicted molar refractivity (Wildman–Crippen MR) is 80.6 cm³/mol. The average molecular weight is 296 g/mol. The van der Waals surface area contributed by atoms with Crippen LogP contribution >= 0.6 is 0 Å². The topological polar surface area (TPSA) is 76.8 Å². The standard InChI is InChI=1S/C17H16N2O3/c18-16-14-12(20)7-8-13(22-11-5-2-1-3-6-11)15(14)17(19(16)21)9-4-10-17/h1-3,5-8,18,20-21H,4,9-10H2. The van der Waals surface area contributed by atoms with Crippen LogP contribution in [0.15, 0.2) is 42.5 Å². The highest BCUT2D eigenvalue weighted by Crippen LogP contribution is 2.56. The third-order valence-electron chi connectivity index (χ3n) is 4.62. The Morgan fingerprint density at radius 2 is 1.82 bits per heavy atom. The molecule has 5 heteroatoms. The second-order valence-corrected chi connectivity index (χ2v) is 5.79. The highest BCUT2D eigenvalue weighted by molar-refractivity contribution is 6.04. The van der Waals surface area contributed by atoms with Crippen LogP contribution < -0.4 is 4.74 Å². The molecule has 1 aliphatic heterocycles. The third-order valence-corrected chi connectivity index (χ3v) is 4.62. The molecule has 2 aliphatic rings. The number of fused-ring (bicyclic) bond motifs is 2. The zero-order valence-electron chi connectivity index (χ0n) is 11.9. The van der Waals surface area contributed by atoms with E-state index in [1.807, 2.05) is 30.3 Å². The molecule has 1 heterocycles. The van der Waals surface area contributed by atoms with Gasteiger partial charge in [-0.25, -0.2) is 5.06 Å². The first-order valence-corrected chi connectivity index (χ1v) is 7.31. The molecule has 0 radical (unpaired) electrons. The molecule has 0 saturated heterocycles. The highest BCUT2D eigenvalue weighted by atomic mass is 16.5. The zero-order chi connectivity index (χ0) is 15.3. The maximum Gasteiger partial charge on any atom is 0.157 e. The summed E-state index contributed by atoms with van der Waals surface area (Å²) < 4.78 is 5.96. The molecule has 0 amide bonds. The van der Waals surface area contributed by atoms with Gasteiger partial charge in [0.15, 0.2) is 5.84 Å². The number of nitrogens with zero attached hydrogens (tertiary/aromatic N) is 1. The predicted octanol–water partition coefficient (Wildman–Crippen LogP) is 3.59. The Labute approximate surface area is 127 Å². The number of rotatable bonds is 2. The zero-order valence-corrected chi connectivity index (χ0v) is 11.9. The van der Waals surface area contributed by atoms with E-state index in [0.29, 0.717) is 17.1 Å². The quantitative estimate of drug-likeness (QED) is 0.791. The fourth-order valence-corrected chi connectivity index (χ4v) is 3.37. The van der Waals surface area contributed by atoms with E-state index >= 15 is 0 Å². The number of amidine groups is 1. The molecule has 0 bridgehead atoms. The van der Waals surface area contributed by atoms with Gasteiger partial charge in [0.2, 0.25) is 0 Å². The Morgan fingerprint density at radius 1 is 1.09 bits per heavy atom. The van der Waals surface area contributed by atoms with Crippen molar-refractivity contribution in [3.63, 3.8) is 0 Å². The van der Waals surface area contributed by atoms with Gasteiger partial charge in [0.25, 0.3) is 0 Å². The van der Waals surface area contributed by atoms with Crippen LogP contribution in [0.2, 0.25) is 0 Å². The normalized spacial score (nSPS) is 18.2. The van der Waals surface area contributed by atoms with Crippen molar-refractivity contribution in [1.82, 2.24) is 5.06 Å². The van der Waals surface area contributed by atoms with Gasteiger partial charge in [-0.3, -0.25) is 10.6 Å². The van der Waals surface area contributed by atoms with Gasteiger partial charge in [-0.05, 0) is 43.5 Å². The van der Waals surface area contributed by atoms with Gasteiger partial charge in [-0.2, -0.15) is 0 Å². The molecule has 0 atom stereocenters. The number of phenolic OH excluding ortho intramolecular Hbond substituents is 1. The minimum absolute atomic E-state index is 0.00300. The van der Waals surface area contributed by atoms with E-state index in [1.54, 1.807) is 6.07 Å². The third kappa shape index (κ3) is 1.60. The van der Waals surface area contributed by atoms with Gasteiger partial charge in [-0.15, -0.1) is 0 Å². The van der Waals surface area contributed by atoms with Crippen molar-refractivity contribution in [2.75, 3.05) is 0 Å². The lowest BCUT2D eigenvalue weighted by atomic mass is 9.72. The number of hydrogen-bond donors (Lipinski definition) is 3. The molecule has 112 valence electrons. The molecule has 0 aromatic heterocycles. The van der Waals surface area contributed by atoms with E-state index in [9.17, 15) is 10.3 Å². The number of ether oxygens (including phenoxy) is 1. The van der Waals surface area contributed by atoms with Gasteiger partial charge in [0.05, 0.1) is 11.1 Å². The van der Waals surface area contributed by atoms with Crippen molar-refractivity contribution in [2.24, 2.45) is 0 Å². The average Bonchev–Trinajstić information content (AvgIpc) is 2.73. The smallest absolute Gasteiger partial charge is 0.157 e. The van der Waals surface area contributed by atoms with Gasteiger partial charge in [0.1, 0.15) is 17.2 Å². The van der Waals surface area contributed by atoms with E-state index in [1.165, 1.54) is 6.07 Å². The minimum Gasteiger partial charge on any atom is -0.507 e. The Kier molecular flexibility index (Phi) is 2.68. The maximum absolute atomic E-state index is 10.3. The summed E-state index contributed by atoms with van der Waals surface area (Å²) >= 11 is 0. The molecular weight excluding hydrogens is 280 g/mol. The molecule has 1 spiro atoms. The summed E-state index contributed by atoms with van der Waals surface area (Å²) in [6.07, 6.45) is 2.46. The van der Waals surface area contributed by atoms with Gasteiger partial charge in [0, 0.05) is 5.56 Å². The molecule has 22 heavy (non-hydrogen) atoms. The lowest BCUT2D eigenvalue weighted by Crippen LogP contribution is -2.46. The lowest BCUT2D eigenvalue weighted by molar-refractivity contribution is -0.138. The highest BCUT2D eigenvalue weighted by Gasteiger charge is 2.54. The van der Waals surface area contributed by atoms with Crippen LogP contribution in [0.25, 0.3) is 0 Å². The second kappa shape index (κ2) is 4.48. The van der Waals surface area contributed by atoms with Crippen molar-refractivity contribution in [1.29, 1.82) is 5.41 Å². The molecule has 5 nitrogen and oxygen atoms in total. The minimum atomic E-state index is -0.630. The van der Waals surface area contributed by atoms with Crippen molar-refractivity contribution >= 4 is 5.84 Å². The van der Waals surface area contributed by atoms with Crippen molar-refractivity contribution in [3.05, 3.63) is 53.6 Å². The number of nitrogens with one attached hydrogen (secondary N) is 1. The van der Waals surface area contributed by atoms with Gasteiger partial charge < -0.3 is 9.84 Å². The largest absolute Gasteiger partial charge is 0.507 e. The number of hydrogen-bond acceptors (Lipinski definition) is 4. The molecule has 2 aromatic carbocycles. The Morgan fingerprint density at radius 3 is 2.45 bits per heavy atom. The maximum atomic E-state index is 10.3. The number of phenols is 1. The molecular formula is C17H16N2O3. The Hall–Kier alpha value is -2.53. The Bertz CT molecular complexity index is 754. The molecule has 2 aromatic rings. The lowest BCUT2D eigenvalue weighted by Gasteiger charge is -2.43. The first kappa shape index (κ1) is 13.2. The van der Waals surface area contributed by atoms with E-state index in [0.717, 1.165) is 29.9 Å². The molecule has 1 saturated carbocycles. The van der Waals surface area contributed by atoms with Gasteiger partial charge in [-0.1, -0.05) is 18.2 Å². The summed E-state index contributed by atoms with van der Waals surface area (Å²) in [5, 5.41) is 29.6. The fourth-order valence-electron chi connectivity index (χ4n) is 3.37. The molecule has 0 unspecified atom stereocenters. The number of para-hydroxylation sites is 1.